The van der Waals surface area contributed by atoms with Crippen molar-refractivity contribution in [1.29, 1.82) is 0 Å². The molecule has 0 radical (unpaired) electrons. The highest BCUT2D eigenvalue weighted by Crippen LogP contribution is 2.12. The summed E-state index contributed by atoms with van der Waals surface area (Å²) in [5.74, 6) is -0.0598. The lowest BCUT2D eigenvalue weighted by Crippen LogP contribution is -2.16. The van der Waals surface area contributed by atoms with E-state index in [9.17, 15) is 9.59 Å². The molecule has 0 bridgehead atoms. The third-order valence-corrected chi connectivity index (χ3v) is 4.20. The summed E-state index contributed by atoms with van der Waals surface area (Å²) in [5, 5.41) is 0.951. The van der Waals surface area contributed by atoms with Gasteiger partial charge < -0.3 is 9.72 Å². The summed E-state index contributed by atoms with van der Waals surface area (Å²) < 4.78 is 5.32. The van der Waals surface area contributed by atoms with Crippen LogP contribution in [0.4, 0.5) is 0 Å². The van der Waals surface area contributed by atoms with Crippen LogP contribution < -0.4 is 5.69 Å². The van der Waals surface area contributed by atoms with Crippen LogP contribution in [-0.2, 0) is 9.53 Å². The number of benzene rings is 1. The number of nitrogens with one attached hydrogen (secondary N) is 1. The van der Waals surface area contributed by atoms with Gasteiger partial charge in [-0.3, -0.25) is 4.79 Å². The van der Waals surface area contributed by atoms with E-state index in [1.807, 2.05) is 31.2 Å². The monoisotopic (exact) mass is 360 g/mol. The Bertz CT molecular complexity index is 697. The number of fused-ring (bicyclic) bond motifs is 1. The van der Waals surface area contributed by atoms with Gasteiger partial charge in [0.15, 0.2) is 0 Å². The van der Waals surface area contributed by atoms with Crippen molar-refractivity contribution in [3.8, 4) is 0 Å². The molecule has 1 heterocycles. The fourth-order valence-electron chi connectivity index (χ4n) is 2.59. The van der Waals surface area contributed by atoms with E-state index in [-0.39, 0.29) is 17.8 Å². The first-order chi connectivity index (χ1) is 12.6. The van der Waals surface area contributed by atoms with E-state index in [1.165, 1.54) is 32.1 Å². The molecule has 2 rings (SSSR count). The second-order valence-electron chi connectivity index (χ2n) is 6.35. The number of nitrogens with zero attached hydrogens (tertiary/aromatic N) is 1. The molecular formula is C21H32N2O3. The van der Waals surface area contributed by atoms with Gasteiger partial charge in [0, 0.05) is 18.0 Å². The lowest BCUT2D eigenvalue weighted by Gasteiger charge is -2.15. The molecule has 0 fully saturated rings. The van der Waals surface area contributed by atoms with Crippen LogP contribution in [0.15, 0.2) is 35.3 Å². The zero-order chi connectivity index (χ0) is 19.2. The number of aromatic nitrogens is 2. The van der Waals surface area contributed by atoms with Gasteiger partial charge in [-0.1, -0.05) is 64.7 Å². The van der Waals surface area contributed by atoms with Gasteiger partial charge in [-0.05, 0) is 25.3 Å². The number of ether oxygens (including phenoxy) is 1. The van der Waals surface area contributed by atoms with E-state index in [2.05, 4.69) is 23.8 Å². The van der Waals surface area contributed by atoms with E-state index < -0.39 is 0 Å². The molecular weight excluding hydrogens is 328 g/mol. The van der Waals surface area contributed by atoms with Crippen LogP contribution in [0, 0.1) is 0 Å². The van der Waals surface area contributed by atoms with Crippen molar-refractivity contribution in [3.05, 3.63) is 40.9 Å². The number of esters is 1. The molecule has 5 nitrogen and oxygen atoms in total. The molecule has 0 aliphatic rings. The summed E-state index contributed by atoms with van der Waals surface area (Å²) in [5.41, 5.74) is 0.524. The molecule has 0 saturated carbocycles. The average molecular weight is 360 g/mol. The molecule has 0 aliphatic heterocycles. The summed E-state index contributed by atoms with van der Waals surface area (Å²) in [4.78, 5) is 28.0. The van der Waals surface area contributed by atoms with Crippen LogP contribution in [0.25, 0.3) is 10.9 Å². The van der Waals surface area contributed by atoms with Crippen LogP contribution in [-0.4, -0.2) is 22.0 Å². The van der Waals surface area contributed by atoms with Gasteiger partial charge in [0.2, 0.25) is 0 Å². The summed E-state index contributed by atoms with van der Waals surface area (Å²) in [6.45, 7) is 6.15. The molecule has 1 N–H and O–H groups in total. The minimum atomic E-state index is -0.302. The molecule has 0 amide bonds. The highest BCUT2D eigenvalue weighted by Gasteiger charge is 2.10. The summed E-state index contributed by atoms with van der Waals surface area (Å²) in [6.07, 6.45) is 10.6. The molecule has 1 aromatic heterocycles. The van der Waals surface area contributed by atoms with Gasteiger partial charge >= 0.3 is 11.7 Å². The second-order valence-corrected chi connectivity index (χ2v) is 6.35. The molecule has 5 heteroatoms. The van der Waals surface area contributed by atoms with Gasteiger partial charge in [-0.15, -0.1) is 0 Å². The lowest BCUT2D eigenvalue weighted by atomic mass is 10.1. The number of rotatable bonds is 9. The van der Waals surface area contributed by atoms with Crippen molar-refractivity contribution in [1.82, 2.24) is 9.97 Å². The normalized spacial score (nSPS) is 11.5. The van der Waals surface area contributed by atoms with Gasteiger partial charge in [0.05, 0.1) is 5.52 Å². The summed E-state index contributed by atoms with van der Waals surface area (Å²) in [6, 6.07) is 7.53. The maximum atomic E-state index is 11.1. The zero-order valence-corrected chi connectivity index (χ0v) is 16.3. The van der Waals surface area contributed by atoms with Crippen LogP contribution in [0.1, 0.15) is 72.1 Å². The zero-order valence-electron chi connectivity index (χ0n) is 16.3. The van der Waals surface area contributed by atoms with Crippen LogP contribution in [0.2, 0.25) is 0 Å². The highest BCUT2D eigenvalue weighted by molar-refractivity contribution is 5.76. The third-order valence-electron chi connectivity index (χ3n) is 4.20. The molecule has 0 spiro atoms. The van der Waals surface area contributed by atoms with Gasteiger partial charge in [-0.2, -0.15) is 0 Å². The second kappa shape index (κ2) is 13.1. The molecule has 0 aliphatic carbocycles. The number of carbonyl (C=O) groups is 1. The van der Waals surface area contributed by atoms with Crippen molar-refractivity contribution >= 4 is 16.9 Å². The smallest absolute Gasteiger partial charge is 0.345 e. The molecule has 26 heavy (non-hydrogen) atoms. The van der Waals surface area contributed by atoms with Crippen molar-refractivity contribution in [2.24, 2.45) is 0 Å². The SMILES string of the molecule is CCCCCCCC(CC)OC(=O)CC.O=c1ncc2ccccc2[nH]1. The Hall–Kier alpha value is -2.17. The minimum absolute atomic E-state index is 0.0598. The van der Waals surface area contributed by atoms with Crippen molar-refractivity contribution < 1.29 is 9.53 Å². The summed E-state index contributed by atoms with van der Waals surface area (Å²) >= 11 is 0. The Kier molecular flexibility index (Phi) is 11.0. The highest BCUT2D eigenvalue weighted by atomic mass is 16.5. The fourth-order valence-corrected chi connectivity index (χ4v) is 2.59. The number of carbonyl (C=O) groups excluding carboxylic acids is 1. The van der Waals surface area contributed by atoms with E-state index in [1.54, 1.807) is 6.20 Å². The maximum Gasteiger partial charge on any atom is 0.345 e. The van der Waals surface area contributed by atoms with Crippen molar-refractivity contribution in [2.75, 3.05) is 0 Å². The number of unbranched alkanes of at least 4 members (excludes halogenated alkanes) is 4. The molecule has 1 atom stereocenters. The molecule has 0 saturated heterocycles. The maximum absolute atomic E-state index is 11.1. The Morgan fingerprint density at radius 1 is 1.12 bits per heavy atom. The Morgan fingerprint density at radius 2 is 1.85 bits per heavy atom. The first kappa shape index (κ1) is 21.9. The fraction of sp³-hybridized carbons (Fsp3) is 0.571. The van der Waals surface area contributed by atoms with E-state index in [4.69, 9.17) is 4.74 Å². The quantitative estimate of drug-likeness (QED) is 0.504. The number of H-pyrrole nitrogens is 1. The predicted molar refractivity (Wildman–Crippen MR) is 106 cm³/mol. The number of hydrogen-bond acceptors (Lipinski definition) is 4. The lowest BCUT2D eigenvalue weighted by molar-refractivity contribution is -0.149. The molecule has 2 aromatic rings. The number of hydrogen-bond donors (Lipinski definition) is 1. The minimum Gasteiger partial charge on any atom is -0.462 e. The number of para-hydroxylation sites is 1. The van der Waals surface area contributed by atoms with Gasteiger partial charge in [0.25, 0.3) is 0 Å². The average Bonchev–Trinajstić information content (AvgIpc) is 2.67. The van der Waals surface area contributed by atoms with Gasteiger partial charge in [-0.25, -0.2) is 9.78 Å². The molecule has 144 valence electrons. The van der Waals surface area contributed by atoms with Crippen molar-refractivity contribution in [2.45, 2.75) is 78.2 Å². The van der Waals surface area contributed by atoms with Gasteiger partial charge in [0.1, 0.15) is 6.10 Å². The standard InChI is InChI=1S/C13H26O2.C8H6N2O/c1-4-7-8-9-10-11-12(5-2)15-13(14)6-3;11-8-9-5-6-3-1-2-4-7(6)10-8/h12H,4-11H2,1-3H3;1-5H,(H,9,10,11). The number of aromatic amines is 1. The summed E-state index contributed by atoms with van der Waals surface area (Å²) in [7, 11) is 0. The largest absolute Gasteiger partial charge is 0.462 e. The van der Waals surface area contributed by atoms with E-state index >= 15 is 0 Å². The Balaban J connectivity index is 0.000000269. The van der Waals surface area contributed by atoms with Crippen LogP contribution >= 0.6 is 0 Å². The third kappa shape index (κ3) is 8.79. The molecule has 1 aromatic carbocycles. The van der Waals surface area contributed by atoms with Crippen molar-refractivity contribution in [3.63, 3.8) is 0 Å². The topological polar surface area (TPSA) is 72.1 Å². The van der Waals surface area contributed by atoms with Crippen LogP contribution in [0.3, 0.4) is 0 Å². The Labute approximate surface area is 156 Å². The predicted octanol–water partition coefficient (Wildman–Crippen LogP) is 5.00. The van der Waals surface area contributed by atoms with Crippen LogP contribution in [0.5, 0.6) is 0 Å². The van der Waals surface area contributed by atoms with E-state index in [0.717, 1.165) is 23.7 Å². The first-order valence-corrected chi connectivity index (χ1v) is 9.74. The Morgan fingerprint density at radius 3 is 2.54 bits per heavy atom. The first-order valence-electron chi connectivity index (χ1n) is 9.74. The van der Waals surface area contributed by atoms with E-state index in [0.29, 0.717) is 6.42 Å². The molecule has 1 unspecified atom stereocenters.